The molecule has 0 aliphatic heterocycles. The minimum Gasteiger partial charge on any atom is -0.339 e. The molecule has 8 aromatic rings. The average Bonchev–Trinajstić information content (AvgIpc) is 2.90. The number of nitrogens with zero attached hydrogens (tertiary/aromatic N) is 1. The third kappa shape index (κ3) is 2.66. The van der Waals surface area contributed by atoms with Crippen LogP contribution in [0.25, 0.3) is 64.6 Å². The van der Waals surface area contributed by atoms with Gasteiger partial charge in [-0.15, -0.1) is 0 Å². The van der Waals surface area contributed by atoms with Gasteiger partial charge in [0.15, 0.2) is 0 Å². The largest absolute Gasteiger partial charge is 0.339 e. The summed E-state index contributed by atoms with van der Waals surface area (Å²) in [5, 5.41) is 15.9. The molecule has 0 aliphatic carbocycles. The van der Waals surface area contributed by atoms with E-state index in [1.165, 1.54) is 76.0 Å². The highest BCUT2D eigenvalue weighted by Crippen LogP contribution is 2.42. The van der Waals surface area contributed by atoms with Crippen LogP contribution in [0, 0.1) is 0 Å². The van der Waals surface area contributed by atoms with E-state index < -0.39 is 0 Å². The summed E-state index contributed by atoms with van der Waals surface area (Å²) >= 11 is 0. The van der Waals surface area contributed by atoms with Crippen molar-refractivity contribution in [3.8, 4) is 0 Å². The van der Waals surface area contributed by atoms with Crippen LogP contribution < -0.4 is 4.90 Å². The number of benzene rings is 8. The molecule has 0 saturated heterocycles. The predicted octanol–water partition coefficient (Wildman–Crippen LogP) is 10.0. The van der Waals surface area contributed by atoms with Crippen molar-refractivity contribution in [2.45, 2.75) is 19.9 Å². The number of anilines is 2. The molecule has 0 amide bonds. The van der Waals surface area contributed by atoms with Gasteiger partial charge in [-0.3, -0.25) is 0 Å². The Bertz CT molecular complexity index is 1810. The van der Waals surface area contributed by atoms with Gasteiger partial charge in [0.05, 0.1) is 0 Å². The van der Waals surface area contributed by atoms with Gasteiger partial charge in [-0.1, -0.05) is 84.9 Å². The van der Waals surface area contributed by atoms with E-state index >= 15 is 0 Å². The van der Waals surface area contributed by atoms with Gasteiger partial charge in [-0.25, -0.2) is 0 Å². The average molecular weight is 460 g/mol. The van der Waals surface area contributed by atoms with Crippen LogP contribution in [0.15, 0.2) is 109 Å². The molecular weight excluding hydrogens is 434 g/mol. The van der Waals surface area contributed by atoms with Crippen LogP contribution in [-0.4, -0.2) is 6.04 Å². The minimum atomic E-state index is 0.312. The van der Waals surface area contributed by atoms with Crippen LogP contribution in [0.2, 0.25) is 0 Å². The van der Waals surface area contributed by atoms with E-state index in [2.05, 4.69) is 128 Å². The Morgan fingerprint density at radius 1 is 0.389 bits per heavy atom. The topological polar surface area (TPSA) is 3.24 Å². The van der Waals surface area contributed by atoms with Crippen molar-refractivity contribution in [2.24, 2.45) is 0 Å². The van der Waals surface area contributed by atoms with Crippen molar-refractivity contribution in [1.29, 1.82) is 0 Å². The fourth-order valence-corrected chi connectivity index (χ4v) is 6.50. The molecule has 0 saturated carbocycles. The first-order chi connectivity index (χ1) is 17.7. The van der Waals surface area contributed by atoms with Crippen molar-refractivity contribution in [2.75, 3.05) is 4.90 Å². The number of rotatable bonds is 3. The van der Waals surface area contributed by atoms with Gasteiger partial charge >= 0.3 is 0 Å². The Hall–Kier alpha value is -4.36. The van der Waals surface area contributed by atoms with Crippen LogP contribution in [0.5, 0.6) is 0 Å². The summed E-state index contributed by atoms with van der Waals surface area (Å²) in [6.45, 7) is 4.57. The monoisotopic (exact) mass is 459 g/mol. The zero-order valence-corrected chi connectivity index (χ0v) is 20.4. The van der Waals surface area contributed by atoms with E-state index in [4.69, 9.17) is 0 Å². The molecule has 0 spiro atoms. The molecule has 1 heteroatoms. The van der Waals surface area contributed by atoms with E-state index in [9.17, 15) is 0 Å². The van der Waals surface area contributed by atoms with Crippen LogP contribution in [0.3, 0.4) is 0 Å². The Balaban J connectivity index is 1.39. The fourth-order valence-electron chi connectivity index (χ4n) is 6.50. The maximum absolute atomic E-state index is 2.49. The minimum absolute atomic E-state index is 0.312. The molecular formula is C35H25N. The van der Waals surface area contributed by atoms with E-state index in [1.54, 1.807) is 0 Å². The lowest BCUT2D eigenvalue weighted by molar-refractivity contribution is 0.790. The molecule has 0 unspecified atom stereocenters. The molecule has 8 aromatic carbocycles. The van der Waals surface area contributed by atoms with Gasteiger partial charge < -0.3 is 4.90 Å². The molecule has 0 fully saturated rings. The van der Waals surface area contributed by atoms with Crippen LogP contribution in [-0.2, 0) is 0 Å². The summed E-state index contributed by atoms with van der Waals surface area (Å²) < 4.78 is 0. The van der Waals surface area contributed by atoms with E-state index in [0.29, 0.717) is 6.04 Å². The zero-order chi connectivity index (χ0) is 24.0. The van der Waals surface area contributed by atoms with Crippen LogP contribution in [0.1, 0.15) is 13.8 Å². The number of hydrogen-bond donors (Lipinski definition) is 0. The van der Waals surface area contributed by atoms with Crippen molar-refractivity contribution >= 4 is 76.0 Å². The summed E-state index contributed by atoms with van der Waals surface area (Å²) in [6.07, 6.45) is 0. The Morgan fingerprint density at radius 2 is 0.667 bits per heavy atom. The predicted molar refractivity (Wildman–Crippen MR) is 158 cm³/mol. The molecule has 0 N–H and O–H groups in total. The third-order valence-corrected chi connectivity index (χ3v) is 7.97. The second-order valence-electron chi connectivity index (χ2n) is 10.4. The maximum atomic E-state index is 2.49. The second kappa shape index (κ2) is 7.08. The molecule has 170 valence electrons. The van der Waals surface area contributed by atoms with Crippen LogP contribution >= 0.6 is 0 Å². The smallest absolute Gasteiger partial charge is 0.0425 e. The van der Waals surface area contributed by atoms with Gasteiger partial charge in [0.2, 0.25) is 0 Å². The molecule has 0 bridgehead atoms. The summed E-state index contributed by atoms with van der Waals surface area (Å²) in [5.74, 6) is 0. The summed E-state index contributed by atoms with van der Waals surface area (Å²) in [4.78, 5) is 2.49. The lowest BCUT2D eigenvalue weighted by Gasteiger charge is -2.31. The molecule has 0 aromatic heterocycles. The molecule has 0 aliphatic rings. The highest BCUT2D eigenvalue weighted by Gasteiger charge is 2.18. The van der Waals surface area contributed by atoms with Crippen molar-refractivity contribution in [1.82, 2.24) is 0 Å². The SMILES string of the molecule is CC(C)N(c1cc2ccc3cccc4ccc(c1)c2c34)c1cc2ccc3cccc4ccc(c1)c2c34. The van der Waals surface area contributed by atoms with Gasteiger partial charge in [-0.05, 0) is 103 Å². The van der Waals surface area contributed by atoms with Gasteiger partial charge in [0.1, 0.15) is 0 Å². The molecule has 8 rings (SSSR count). The van der Waals surface area contributed by atoms with E-state index in [0.717, 1.165) is 0 Å². The number of hydrogen-bond acceptors (Lipinski definition) is 1. The molecule has 36 heavy (non-hydrogen) atoms. The normalized spacial score (nSPS) is 12.4. The maximum Gasteiger partial charge on any atom is 0.0425 e. The van der Waals surface area contributed by atoms with E-state index in [-0.39, 0.29) is 0 Å². The third-order valence-electron chi connectivity index (χ3n) is 7.97. The lowest BCUT2D eigenvalue weighted by atomic mass is 9.92. The highest BCUT2D eigenvalue weighted by molar-refractivity contribution is 6.25. The molecule has 0 radical (unpaired) electrons. The second-order valence-corrected chi connectivity index (χ2v) is 10.4. The zero-order valence-electron chi connectivity index (χ0n) is 20.4. The van der Waals surface area contributed by atoms with Crippen molar-refractivity contribution in [3.05, 3.63) is 109 Å². The first kappa shape index (κ1) is 19.9. The Labute approximate surface area is 209 Å². The highest BCUT2D eigenvalue weighted by atomic mass is 15.2. The Kier molecular flexibility index (Phi) is 3.92. The summed E-state index contributed by atoms with van der Waals surface area (Å²) in [5.41, 5.74) is 2.48. The van der Waals surface area contributed by atoms with E-state index in [1.807, 2.05) is 0 Å². The first-order valence-electron chi connectivity index (χ1n) is 12.8. The molecule has 0 atom stereocenters. The fraction of sp³-hybridized carbons (Fsp3) is 0.0857. The first-order valence-corrected chi connectivity index (χ1v) is 12.8. The van der Waals surface area contributed by atoms with Gasteiger partial charge in [-0.2, -0.15) is 0 Å². The van der Waals surface area contributed by atoms with Gasteiger partial charge in [0.25, 0.3) is 0 Å². The van der Waals surface area contributed by atoms with Gasteiger partial charge in [0, 0.05) is 17.4 Å². The standard InChI is InChI=1S/C35H25N/c1-21(2)36(30-17-26-13-9-22-5-3-6-23-10-14-27(18-30)34(26)32(22)23)31-19-28-15-11-24-7-4-8-25-12-16-29(20-31)35(28)33(24)25/h3-21H,1-2H3. The van der Waals surface area contributed by atoms with Crippen molar-refractivity contribution in [3.63, 3.8) is 0 Å². The summed E-state index contributed by atoms with van der Waals surface area (Å²) in [6, 6.07) is 41.2. The van der Waals surface area contributed by atoms with Crippen molar-refractivity contribution < 1.29 is 0 Å². The lowest BCUT2D eigenvalue weighted by Crippen LogP contribution is -2.25. The summed E-state index contributed by atoms with van der Waals surface area (Å²) in [7, 11) is 0. The van der Waals surface area contributed by atoms with Crippen LogP contribution in [0.4, 0.5) is 11.4 Å². The Morgan fingerprint density at radius 3 is 0.972 bits per heavy atom. The molecule has 1 nitrogen and oxygen atoms in total. The molecule has 0 heterocycles. The quantitative estimate of drug-likeness (QED) is 0.238.